The van der Waals surface area contributed by atoms with Gasteiger partial charge in [0.15, 0.2) is 23.4 Å². The Morgan fingerprint density at radius 2 is 1.68 bits per heavy atom. The first-order valence-corrected chi connectivity index (χ1v) is 11.8. The third-order valence-corrected chi connectivity index (χ3v) is 5.83. The Hall–Kier alpha value is -4.87. The van der Waals surface area contributed by atoms with Crippen LogP contribution < -0.4 is 19.8 Å². The van der Waals surface area contributed by atoms with Crippen molar-refractivity contribution in [3.8, 4) is 28.6 Å². The summed E-state index contributed by atoms with van der Waals surface area (Å²) in [6.07, 6.45) is -4.26. The molecular formula is C28H24F3N3O6. The maximum absolute atomic E-state index is 13.4. The lowest BCUT2D eigenvalue weighted by atomic mass is 10.1. The number of fused-ring (bicyclic) bond motifs is 1. The van der Waals surface area contributed by atoms with Gasteiger partial charge in [0, 0.05) is 11.1 Å². The number of carbonyl (C=O) groups excluding carboxylic acids is 1. The zero-order chi connectivity index (χ0) is 29.0. The molecule has 12 heteroatoms. The van der Waals surface area contributed by atoms with E-state index in [0.29, 0.717) is 11.1 Å². The topological polar surface area (TPSA) is 101 Å². The van der Waals surface area contributed by atoms with E-state index in [1.54, 1.807) is 24.3 Å². The average molecular weight is 556 g/mol. The number of para-hydroxylation sites is 1. The number of rotatable bonds is 8. The Balaban J connectivity index is 1.85. The molecule has 0 N–H and O–H groups in total. The molecule has 0 saturated heterocycles. The minimum atomic E-state index is -4.59. The zero-order valence-corrected chi connectivity index (χ0v) is 21.9. The molecule has 0 unspecified atom stereocenters. The van der Waals surface area contributed by atoms with Gasteiger partial charge in [-0.25, -0.2) is 9.78 Å². The van der Waals surface area contributed by atoms with Gasteiger partial charge in [0.2, 0.25) is 5.75 Å². The maximum Gasteiger partial charge on any atom is 0.416 e. The number of aromatic nitrogens is 2. The van der Waals surface area contributed by atoms with Crippen LogP contribution in [0.5, 0.6) is 17.2 Å². The highest BCUT2D eigenvalue weighted by molar-refractivity contribution is 5.84. The molecule has 0 fully saturated rings. The molecule has 4 rings (SSSR count). The van der Waals surface area contributed by atoms with Gasteiger partial charge in [-0.3, -0.25) is 4.79 Å². The van der Waals surface area contributed by atoms with Crippen molar-refractivity contribution in [1.82, 2.24) is 9.66 Å². The standard InChI is InChI=1S/C28H24F3N3O6/c1-16(27(36)39-4)40-24-22(37-2)12-17(13-23(24)38-3)15-32-34-25(18-8-7-9-19(14-18)28(29,30)31)33-21-11-6-5-10-20(21)26(34)35/h5-16H,1-4H3/t16-/m1/s1. The van der Waals surface area contributed by atoms with Gasteiger partial charge in [-0.05, 0) is 43.3 Å². The van der Waals surface area contributed by atoms with Crippen LogP contribution in [0.15, 0.2) is 70.6 Å². The number of hydrogen-bond donors (Lipinski definition) is 0. The quantitative estimate of drug-likeness (QED) is 0.225. The minimum Gasteiger partial charge on any atom is -0.493 e. The molecule has 0 aliphatic carbocycles. The van der Waals surface area contributed by atoms with E-state index in [-0.39, 0.29) is 34.0 Å². The zero-order valence-electron chi connectivity index (χ0n) is 21.9. The van der Waals surface area contributed by atoms with Crippen LogP contribution in [-0.2, 0) is 15.7 Å². The van der Waals surface area contributed by atoms with Gasteiger partial charge >= 0.3 is 12.1 Å². The molecule has 0 saturated carbocycles. The van der Waals surface area contributed by atoms with Crippen molar-refractivity contribution >= 4 is 23.1 Å². The number of benzene rings is 3. The second-order valence-corrected chi connectivity index (χ2v) is 8.43. The third-order valence-electron chi connectivity index (χ3n) is 5.83. The van der Waals surface area contributed by atoms with Gasteiger partial charge in [-0.1, -0.05) is 24.3 Å². The highest BCUT2D eigenvalue weighted by Crippen LogP contribution is 2.39. The van der Waals surface area contributed by atoms with E-state index < -0.39 is 29.4 Å². The number of ether oxygens (including phenoxy) is 4. The first-order chi connectivity index (χ1) is 19.1. The number of carbonyl (C=O) groups is 1. The molecule has 0 spiro atoms. The normalized spacial score (nSPS) is 12.4. The number of alkyl halides is 3. The minimum absolute atomic E-state index is 0.0468. The Kier molecular flexibility index (Phi) is 8.08. The van der Waals surface area contributed by atoms with E-state index in [9.17, 15) is 22.8 Å². The highest BCUT2D eigenvalue weighted by atomic mass is 19.4. The van der Waals surface area contributed by atoms with E-state index in [4.69, 9.17) is 18.9 Å². The van der Waals surface area contributed by atoms with E-state index in [1.165, 1.54) is 58.7 Å². The van der Waals surface area contributed by atoms with Gasteiger partial charge < -0.3 is 18.9 Å². The summed E-state index contributed by atoms with van der Waals surface area (Å²) in [4.78, 5) is 29.7. The lowest BCUT2D eigenvalue weighted by Crippen LogP contribution is -2.25. The monoisotopic (exact) mass is 555 g/mol. The molecule has 208 valence electrons. The number of methoxy groups -OCH3 is 3. The van der Waals surface area contributed by atoms with Crippen molar-refractivity contribution in [2.45, 2.75) is 19.2 Å². The molecule has 1 atom stereocenters. The Morgan fingerprint density at radius 3 is 2.30 bits per heavy atom. The predicted octanol–water partition coefficient (Wildman–Crippen LogP) is 4.92. The van der Waals surface area contributed by atoms with Crippen molar-refractivity contribution in [3.63, 3.8) is 0 Å². The number of esters is 1. The lowest BCUT2D eigenvalue weighted by Gasteiger charge is -2.18. The van der Waals surface area contributed by atoms with Crippen molar-refractivity contribution in [3.05, 3.63) is 82.1 Å². The number of hydrogen-bond acceptors (Lipinski definition) is 8. The number of halogens is 3. The summed E-state index contributed by atoms with van der Waals surface area (Å²) in [5.41, 5.74) is -0.738. The van der Waals surface area contributed by atoms with Crippen LogP contribution in [0.3, 0.4) is 0 Å². The molecule has 1 heterocycles. The molecule has 1 aromatic heterocycles. The van der Waals surface area contributed by atoms with Gasteiger partial charge in [-0.2, -0.15) is 22.9 Å². The Labute approximate surface area is 226 Å². The fraction of sp³-hybridized carbons (Fsp3) is 0.214. The van der Waals surface area contributed by atoms with Crippen LogP contribution >= 0.6 is 0 Å². The summed E-state index contributed by atoms with van der Waals surface area (Å²) in [5.74, 6) is -0.177. The fourth-order valence-electron chi connectivity index (χ4n) is 3.86. The van der Waals surface area contributed by atoms with E-state index in [0.717, 1.165) is 16.8 Å². The van der Waals surface area contributed by atoms with Gasteiger partial charge in [0.1, 0.15) is 0 Å². The molecule has 0 aliphatic heterocycles. The predicted molar refractivity (Wildman–Crippen MR) is 141 cm³/mol. The summed E-state index contributed by atoms with van der Waals surface area (Å²) < 4.78 is 62.4. The summed E-state index contributed by atoms with van der Waals surface area (Å²) in [6.45, 7) is 1.49. The maximum atomic E-state index is 13.4. The largest absolute Gasteiger partial charge is 0.493 e. The van der Waals surface area contributed by atoms with Gasteiger partial charge in [0.25, 0.3) is 5.56 Å². The first kappa shape index (κ1) is 28.1. The fourth-order valence-corrected chi connectivity index (χ4v) is 3.86. The summed E-state index contributed by atoms with van der Waals surface area (Å²) in [6, 6.07) is 14.0. The van der Waals surface area contributed by atoms with Crippen LogP contribution in [-0.4, -0.2) is 49.3 Å². The Bertz CT molecular complexity index is 1620. The molecule has 4 aromatic rings. The molecule has 9 nitrogen and oxygen atoms in total. The smallest absolute Gasteiger partial charge is 0.416 e. The van der Waals surface area contributed by atoms with Gasteiger partial charge in [-0.15, -0.1) is 0 Å². The second kappa shape index (κ2) is 11.5. The molecule has 0 radical (unpaired) electrons. The summed E-state index contributed by atoms with van der Waals surface area (Å²) in [7, 11) is 4.00. The van der Waals surface area contributed by atoms with Crippen molar-refractivity contribution in [2.75, 3.05) is 21.3 Å². The summed E-state index contributed by atoms with van der Waals surface area (Å²) >= 11 is 0. The van der Waals surface area contributed by atoms with Crippen LogP contribution in [0.25, 0.3) is 22.3 Å². The summed E-state index contributed by atoms with van der Waals surface area (Å²) in [5, 5.41) is 4.51. The first-order valence-electron chi connectivity index (χ1n) is 11.8. The van der Waals surface area contributed by atoms with E-state index in [2.05, 4.69) is 10.1 Å². The Morgan fingerprint density at radius 1 is 1.00 bits per heavy atom. The van der Waals surface area contributed by atoms with E-state index in [1.807, 2.05) is 0 Å². The molecule has 0 aliphatic rings. The molecule has 3 aromatic carbocycles. The molecule has 0 amide bonds. The van der Waals surface area contributed by atoms with Crippen LogP contribution in [0, 0.1) is 0 Å². The SMILES string of the molecule is COC(=O)[C@@H](C)Oc1c(OC)cc(C=Nn2c(-c3cccc(C(F)(F)F)c3)nc3ccccc3c2=O)cc1OC. The van der Waals surface area contributed by atoms with Crippen molar-refractivity contribution in [2.24, 2.45) is 5.10 Å². The van der Waals surface area contributed by atoms with Crippen LogP contribution in [0.4, 0.5) is 13.2 Å². The van der Waals surface area contributed by atoms with E-state index >= 15 is 0 Å². The highest BCUT2D eigenvalue weighted by Gasteiger charge is 2.31. The van der Waals surface area contributed by atoms with Crippen LogP contribution in [0.1, 0.15) is 18.1 Å². The second-order valence-electron chi connectivity index (χ2n) is 8.43. The van der Waals surface area contributed by atoms with Crippen molar-refractivity contribution in [1.29, 1.82) is 0 Å². The van der Waals surface area contributed by atoms with Crippen molar-refractivity contribution < 1.29 is 36.9 Å². The molecular weight excluding hydrogens is 531 g/mol. The average Bonchev–Trinajstić information content (AvgIpc) is 2.96. The third kappa shape index (κ3) is 5.75. The molecule has 40 heavy (non-hydrogen) atoms. The van der Waals surface area contributed by atoms with Crippen LogP contribution in [0.2, 0.25) is 0 Å². The lowest BCUT2D eigenvalue weighted by molar-refractivity contribution is -0.148. The molecule has 0 bridgehead atoms. The van der Waals surface area contributed by atoms with Gasteiger partial charge in [0.05, 0.1) is 44.0 Å². The number of nitrogens with zero attached hydrogens (tertiary/aromatic N) is 3.